The van der Waals surface area contributed by atoms with Crippen LogP contribution in [0.2, 0.25) is 0 Å². The monoisotopic (exact) mass is 292 g/mol. The fourth-order valence-electron chi connectivity index (χ4n) is 2.20. The van der Waals surface area contributed by atoms with Crippen LogP contribution in [0.1, 0.15) is 55.8 Å². The molecule has 0 heterocycles. The summed E-state index contributed by atoms with van der Waals surface area (Å²) in [5, 5.41) is 10.7. The van der Waals surface area contributed by atoms with E-state index in [0.717, 1.165) is 12.8 Å². The number of nitro groups is 1. The molecule has 0 saturated carbocycles. The Labute approximate surface area is 126 Å². The summed E-state index contributed by atoms with van der Waals surface area (Å²) in [5.74, 6) is -0.160. The van der Waals surface area contributed by atoms with Crippen LogP contribution in [-0.4, -0.2) is 29.3 Å². The van der Waals surface area contributed by atoms with Crippen molar-refractivity contribution in [3.63, 3.8) is 0 Å². The molecule has 1 aromatic rings. The smallest absolute Gasteiger partial charge is 0.270 e. The van der Waals surface area contributed by atoms with E-state index in [2.05, 4.69) is 6.92 Å². The first-order valence-electron chi connectivity index (χ1n) is 7.56. The maximum absolute atomic E-state index is 12.2. The van der Waals surface area contributed by atoms with Gasteiger partial charge in [-0.2, -0.15) is 0 Å². The van der Waals surface area contributed by atoms with Crippen LogP contribution < -0.4 is 0 Å². The molecule has 0 unspecified atom stereocenters. The summed E-state index contributed by atoms with van der Waals surface area (Å²) in [6.07, 6.45) is 7.03. The Morgan fingerprint density at radius 2 is 1.86 bits per heavy atom. The minimum absolute atomic E-state index is 0.0474. The van der Waals surface area contributed by atoms with Gasteiger partial charge in [-0.3, -0.25) is 14.9 Å². The Balaban J connectivity index is 2.43. The largest absolute Gasteiger partial charge is 0.342 e. The maximum atomic E-state index is 12.2. The summed E-state index contributed by atoms with van der Waals surface area (Å²) < 4.78 is 0. The van der Waals surface area contributed by atoms with Crippen LogP contribution in [0.15, 0.2) is 24.3 Å². The highest BCUT2D eigenvalue weighted by Gasteiger charge is 2.14. The first-order chi connectivity index (χ1) is 10.1. The lowest BCUT2D eigenvalue weighted by molar-refractivity contribution is -0.384. The molecule has 0 saturated heterocycles. The van der Waals surface area contributed by atoms with Gasteiger partial charge in [0.25, 0.3) is 11.6 Å². The van der Waals surface area contributed by atoms with Crippen molar-refractivity contribution in [2.75, 3.05) is 13.6 Å². The van der Waals surface area contributed by atoms with E-state index in [1.807, 2.05) is 0 Å². The highest BCUT2D eigenvalue weighted by molar-refractivity contribution is 5.94. The average Bonchev–Trinajstić information content (AvgIpc) is 2.49. The Hall–Kier alpha value is -1.91. The van der Waals surface area contributed by atoms with Crippen LogP contribution in [0.3, 0.4) is 0 Å². The van der Waals surface area contributed by atoms with E-state index >= 15 is 0 Å². The van der Waals surface area contributed by atoms with Gasteiger partial charge < -0.3 is 4.90 Å². The molecule has 0 N–H and O–H groups in total. The number of carbonyl (C=O) groups excluding carboxylic acids is 1. The molecule has 0 aromatic heterocycles. The third kappa shape index (κ3) is 5.94. The molecule has 1 rings (SSSR count). The Kier molecular flexibility index (Phi) is 7.43. The molecule has 0 fully saturated rings. The predicted octanol–water partition coefficient (Wildman–Crippen LogP) is 4.03. The lowest BCUT2D eigenvalue weighted by Gasteiger charge is -2.17. The van der Waals surface area contributed by atoms with Gasteiger partial charge in [0.15, 0.2) is 0 Å². The van der Waals surface area contributed by atoms with E-state index in [9.17, 15) is 14.9 Å². The van der Waals surface area contributed by atoms with Crippen molar-refractivity contribution in [3.8, 4) is 0 Å². The number of nitrogens with zero attached hydrogens (tertiary/aromatic N) is 2. The van der Waals surface area contributed by atoms with Gasteiger partial charge in [0, 0.05) is 31.3 Å². The van der Waals surface area contributed by atoms with E-state index in [1.54, 1.807) is 24.1 Å². The Morgan fingerprint density at radius 3 is 2.52 bits per heavy atom. The van der Waals surface area contributed by atoms with Crippen LogP contribution in [0, 0.1) is 10.1 Å². The lowest BCUT2D eigenvalue weighted by Crippen LogP contribution is -2.27. The SMILES string of the molecule is CCCCCCCCN(C)C(=O)c1cccc([N+](=O)[O-])c1. The third-order valence-corrected chi connectivity index (χ3v) is 3.50. The third-order valence-electron chi connectivity index (χ3n) is 3.50. The number of amides is 1. The highest BCUT2D eigenvalue weighted by atomic mass is 16.6. The zero-order chi connectivity index (χ0) is 15.7. The van der Waals surface area contributed by atoms with Gasteiger partial charge in [-0.15, -0.1) is 0 Å². The molecule has 0 spiro atoms. The Morgan fingerprint density at radius 1 is 1.19 bits per heavy atom. The molecule has 116 valence electrons. The molecule has 0 atom stereocenters. The van der Waals surface area contributed by atoms with E-state index < -0.39 is 4.92 Å². The van der Waals surface area contributed by atoms with Crippen LogP contribution >= 0.6 is 0 Å². The molecular formula is C16H24N2O3. The van der Waals surface area contributed by atoms with Crippen molar-refractivity contribution in [3.05, 3.63) is 39.9 Å². The first-order valence-corrected chi connectivity index (χ1v) is 7.56. The van der Waals surface area contributed by atoms with Crippen LogP contribution in [-0.2, 0) is 0 Å². The zero-order valence-electron chi connectivity index (χ0n) is 12.9. The quantitative estimate of drug-likeness (QED) is 0.392. The van der Waals surface area contributed by atoms with Crippen molar-refractivity contribution in [1.82, 2.24) is 4.90 Å². The van der Waals surface area contributed by atoms with E-state index in [-0.39, 0.29) is 11.6 Å². The summed E-state index contributed by atoms with van der Waals surface area (Å²) in [6, 6.07) is 5.89. The normalized spacial score (nSPS) is 10.4. The minimum Gasteiger partial charge on any atom is -0.342 e. The van der Waals surface area contributed by atoms with Crippen molar-refractivity contribution >= 4 is 11.6 Å². The number of hydrogen-bond acceptors (Lipinski definition) is 3. The molecule has 0 bridgehead atoms. The summed E-state index contributed by atoms with van der Waals surface area (Å²) >= 11 is 0. The number of unbranched alkanes of at least 4 members (excludes halogenated alkanes) is 5. The van der Waals surface area contributed by atoms with Gasteiger partial charge in [-0.25, -0.2) is 0 Å². The second-order valence-corrected chi connectivity index (χ2v) is 5.30. The molecule has 1 aromatic carbocycles. The van der Waals surface area contributed by atoms with Crippen LogP contribution in [0.4, 0.5) is 5.69 Å². The number of nitro benzene ring substituents is 1. The van der Waals surface area contributed by atoms with Gasteiger partial charge in [0.1, 0.15) is 0 Å². The standard InChI is InChI=1S/C16H24N2O3/c1-3-4-5-6-7-8-12-17(2)16(19)14-10-9-11-15(13-14)18(20)21/h9-11,13H,3-8,12H2,1-2H3. The average molecular weight is 292 g/mol. The maximum Gasteiger partial charge on any atom is 0.270 e. The fourth-order valence-corrected chi connectivity index (χ4v) is 2.20. The molecule has 5 nitrogen and oxygen atoms in total. The molecule has 21 heavy (non-hydrogen) atoms. The van der Waals surface area contributed by atoms with Crippen molar-refractivity contribution in [2.45, 2.75) is 45.4 Å². The van der Waals surface area contributed by atoms with E-state index in [0.29, 0.717) is 12.1 Å². The minimum atomic E-state index is -0.482. The number of carbonyl (C=O) groups is 1. The number of hydrogen-bond donors (Lipinski definition) is 0. The molecule has 0 aliphatic heterocycles. The molecular weight excluding hydrogens is 268 g/mol. The van der Waals surface area contributed by atoms with Crippen molar-refractivity contribution < 1.29 is 9.72 Å². The fraction of sp³-hybridized carbons (Fsp3) is 0.562. The summed E-state index contributed by atoms with van der Waals surface area (Å²) in [5.41, 5.74) is 0.325. The van der Waals surface area contributed by atoms with Crippen LogP contribution in [0.25, 0.3) is 0 Å². The molecule has 0 radical (unpaired) electrons. The first kappa shape index (κ1) is 17.1. The van der Waals surface area contributed by atoms with Crippen molar-refractivity contribution in [1.29, 1.82) is 0 Å². The van der Waals surface area contributed by atoms with Gasteiger partial charge in [-0.1, -0.05) is 45.1 Å². The second-order valence-electron chi connectivity index (χ2n) is 5.30. The topological polar surface area (TPSA) is 63.5 Å². The second kappa shape index (κ2) is 9.10. The summed E-state index contributed by atoms with van der Waals surface area (Å²) in [7, 11) is 1.74. The highest BCUT2D eigenvalue weighted by Crippen LogP contribution is 2.15. The molecule has 1 amide bonds. The lowest BCUT2D eigenvalue weighted by atomic mass is 10.1. The van der Waals surface area contributed by atoms with Gasteiger partial charge in [0.05, 0.1) is 4.92 Å². The molecule has 0 aliphatic rings. The zero-order valence-corrected chi connectivity index (χ0v) is 12.9. The Bertz CT molecular complexity index is 474. The summed E-state index contributed by atoms with van der Waals surface area (Å²) in [4.78, 5) is 24.1. The van der Waals surface area contributed by atoms with Gasteiger partial charge in [0.2, 0.25) is 0 Å². The van der Waals surface area contributed by atoms with Gasteiger partial charge in [-0.05, 0) is 12.5 Å². The van der Waals surface area contributed by atoms with Gasteiger partial charge >= 0.3 is 0 Å². The van der Waals surface area contributed by atoms with Crippen LogP contribution in [0.5, 0.6) is 0 Å². The number of non-ortho nitro benzene ring substituents is 1. The molecule has 5 heteroatoms. The predicted molar refractivity (Wildman–Crippen MR) is 83.4 cm³/mol. The van der Waals surface area contributed by atoms with E-state index in [1.165, 1.54) is 37.8 Å². The van der Waals surface area contributed by atoms with E-state index in [4.69, 9.17) is 0 Å². The molecule has 0 aliphatic carbocycles. The van der Waals surface area contributed by atoms with Crippen molar-refractivity contribution in [2.24, 2.45) is 0 Å². The summed E-state index contributed by atoms with van der Waals surface area (Å²) in [6.45, 7) is 2.87. The number of benzene rings is 1. The number of rotatable bonds is 9.